The van der Waals surface area contributed by atoms with Crippen molar-refractivity contribution in [2.75, 3.05) is 24.6 Å². The number of nitrogens with two attached hydrogens (primary N) is 2. The number of amidine groups is 1. The minimum Gasteiger partial charge on any atom is -0.478 e. The molecular formula is C35H38ClFN11O8S2+. The van der Waals surface area contributed by atoms with E-state index in [9.17, 15) is 29.4 Å². The van der Waals surface area contributed by atoms with E-state index in [1.54, 1.807) is 38.4 Å². The summed E-state index contributed by atoms with van der Waals surface area (Å²) in [6.45, 7) is 4.25. The van der Waals surface area contributed by atoms with Gasteiger partial charge in [0.2, 0.25) is 5.60 Å². The topological polar surface area (TPSA) is 257 Å². The Morgan fingerprint density at radius 2 is 1.97 bits per heavy atom. The molecule has 4 aromatic rings. The van der Waals surface area contributed by atoms with Crippen molar-refractivity contribution in [1.82, 2.24) is 29.7 Å². The molecule has 3 aliphatic rings. The number of nitrogen functional groups attached to an aromatic ring is 1. The number of aliphatic carboxylic acids is 2. The fraction of sp³-hybridized carbons (Fsp3) is 0.371. The molecule has 3 aliphatic heterocycles. The second-order valence-electron chi connectivity index (χ2n) is 14.0. The van der Waals surface area contributed by atoms with Crippen LogP contribution in [0.15, 0.2) is 63.8 Å². The monoisotopic (exact) mass is 858 g/mol. The van der Waals surface area contributed by atoms with Gasteiger partial charge in [-0.05, 0) is 57.5 Å². The average molecular weight is 859 g/mol. The number of imidazole rings is 1. The van der Waals surface area contributed by atoms with Gasteiger partial charge in [-0.1, -0.05) is 21.9 Å². The highest BCUT2D eigenvalue weighted by Gasteiger charge is 2.54. The van der Waals surface area contributed by atoms with Crippen LogP contribution in [-0.4, -0.2) is 107 Å². The van der Waals surface area contributed by atoms with Gasteiger partial charge in [0.05, 0.1) is 23.8 Å². The Morgan fingerprint density at radius 3 is 2.64 bits per heavy atom. The van der Waals surface area contributed by atoms with Crippen LogP contribution in [0.1, 0.15) is 43.5 Å². The molecule has 0 aliphatic carbocycles. The van der Waals surface area contributed by atoms with Gasteiger partial charge in [0.15, 0.2) is 22.9 Å². The summed E-state index contributed by atoms with van der Waals surface area (Å²) in [5.74, 6) is -4.62. The number of thioether (sulfide) groups is 1. The minimum atomic E-state index is -1.80. The summed E-state index contributed by atoms with van der Waals surface area (Å²) in [5.41, 5.74) is 11.0. The van der Waals surface area contributed by atoms with Gasteiger partial charge in [-0.15, -0.1) is 27.6 Å². The number of carbonyl (C=O) groups excluding carboxylic acids is 2. The first-order valence-electron chi connectivity index (χ1n) is 17.8. The van der Waals surface area contributed by atoms with Crippen LogP contribution in [0, 0.1) is 5.82 Å². The number of nitrogens with zero attached hydrogens (tertiary/aromatic N) is 7. The van der Waals surface area contributed by atoms with Gasteiger partial charge in [-0.2, -0.15) is 0 Å². The number of nitrogens with one attached hydrogen (secondary N) is 2. The second-order valence-corrected chi connectivity index (χ2v) is 16.4. The van der Waals surface area contributed by atoms with Gasteiger partial charge in [-0.25, -0.2) is 28.2 Å². The van der Waals surface area contributed by atoms with Crippen molar-refractivity contribution in [2.24, 2.45) is 16.0 Å². The number of carboxylic acids is 2. The quantitative estimate of drug-likeness (QED) is 0.0344. The van der Waals surface area contributed by atoms with Crippen LogP contribution in [0.5, 0.6) is 0 Å². The molecule has 1 aromatic carbocycles. The maximum absolute atomic E-state index is 15.5. The third-order valence-corrected chi connectivity index (χ3v) is 12.0. The Bertz CT molecular complexity index is 2380. The number of hydrogen-bond acceptors (Lipinski definition) is 13. The molecule has 0 radical (unpaired) electrons. The number of thiazole rings is 1. The Labute approximate surface area is 342 Å². The molecule has 58 heavy (non-hydrogen) atoms. The summed E-state index contributed by atoms with van der Waals surface area (Å²) < 4.78 is 20.8. The van der Waals surface area contributed by atoms with Gasteiger partial charge in [0.25, 0.3) is 11.8 Å². The number of piperidine rings is 1. The van der Waals surface area contributed by atoms with E-state index in [4.69, 9.17) is 32.7 Å². The molecule has 2 amide bonds. The van der Waals surface area contributed by atoms with Gasteiger partial charge >= 0.3 is 17.6 Å². The Kier molecular flexibility index (Phi) is 11.4. The fourth-order valence-electron chi connectivity index (χ4n) is 6.47. The van der Waals surface area contributed by atoms with Crippen LogP contribution < -0.4 is 26.7 Å². The van der Waals surface area contributed by atoms with Crippen LogP contribution in [0.4, 0.5) is 9.52 Å². The number of halogens is 2. The zero-order chi connectivity index (χ0) is 41.5. The Hall–Kier alpha value is -5.71. The number of β-lactam (4-membered cyclic amide) rings is 1. The lowest BCUT2D eigenvalue weighted by Gasteiger charge is -2.49. The molecule has 7 rings (SSSR count). The SMILES string of the molecule is CC(C)(O/N=C(\C(=O)N[C@@H]1C(=O)N2C(C(=O)O)=C(Cn3ccc4n3cc[n+]4Cc3c(F)cc(/C(N)=N/OC4CCNCC4)cc3Cl)CS[C@H]12)c1csc(N)n1)C(=O)O. The summed E-state index contributed by atoms with van der Waals surface area (Å²) in [6.07, 6.45) is 6.69. The molecule has 23 heteroatoms. The molecule has 0 spiro atoms. The smallest absolute Gasteiger partial charge is 0.352 e. The molecular weight excluding hydrogens is 821 g/mol. The molecule has 2 saturated heterocycles. The molecule has 306 valence electrons. The summed E-state index contributed by atoms with van der Waals surface area (Å²) >= 11 is 8.82. The lowest BCUT2D eigenvalue weighted by Crippen LogP contribution is -2.71. The molecule has 3 aromatic heterocycles. The van der Waals surface area contributed by atoms with E-state index >= 15 is 4.39 Å². The van der Waals surface area contributed by atoms with Crippen molar-refractivity contribution < 1.29 is 48.0 Å². The number of carboxylic acid groups (broad SMARTS) is 2. The summed E-state index contributed by atoms with van der Waals surface area (Å²) in [5, 5.41) is 34.2. The predicted octanol–water partition coefficient (Wildman–Crippen LogP) is 1.32. The number of oxime groups is 2. The van der Waals surface area contributed by atoms with Crippen LogP contribution in [0.3, 0.4) is 0 Å². The number of hydrogen-bond donors (Lipinski definition) is 6. The number of benzene rings is 1. The number of rotatable bonds is 14. The van der Waals surface area contributed by atoms with Crippen molar-refractivity contribution in [2.45, 2.75) is 62.9 Å². The van der Waals surface area contributed by atoms with Crippen molar-refractivity contribution >= 4 is 80.8 Å². The zero-order valence-corrected chi connectivity index (χ0v) is 33.3. The number of anilines is 1. The van der Waals surface area contributed by atoms with E-state index in [0.717, 1.165) is 42.2 Å². The van der Waals surface area contributed by atoms with Crippen LogP contribution in [0.2, 0.25) is 5.02 Å². The first-order chi connectivity index (χ1) is 27.6. The van der Waals surface area contributed by atoms with E-state index in [-0.39, 0.29) is 63.5 Å². The van der Waals surface area contributed by atoms with E-state index in [1.807, 2.05) is 0 Å². The van der Waals surface area contributed by atoms with Gasteiger partial charge in [0, 0.05) is 22.3 Å². The summed E-state index contributed by atoms with van der Waals surface area (Å²) in [4.78, 5) is 67.0. The molecule has 2 fully saturated rings. The number of fused-ring (bicyclic) bond motifs is 2. The van der Waals surface area contributed by atoms with E-state index in [0.29, 0.717) is 11.2 Å². The third kappa shape index (κ3) is 8.04. The highest BCUT2D eigenvalue weighted by molar-refractivity contribution is 8.00. The van der Waals surface area contributed by atoms with Crippen LogP contribution in [-0.2, 0) is 41.9 Å². The molecule has 19 nitrogen and oxygen atoms in total. The fourth-order valence-corrected chi connectivity index (χ4v) is 8.62. The van der Waals surface area contributed by atoms with E-state index in [1.165, 1.54) is 43.1 Å². The maximum Gasteiger partial charge on any atom is 0.352 e. The summed E-state index contributed by atoms with van der Waals surface area (Å²) in [7, 11) is 0. The highest BCUT2D eigenvalue weighted by Crippen LogP contribution is 2.41. The zero-order valence-electron chi connectivity index (χ0n) is 30.9. The molecule has 2 atom stereocenters. The van der Waals surface area contributed by atoms with Crippen molar-refractivity contribution in [3.8, 4) is 0 Å². The lowest BCUT2D eigenvalue weighted by molar-refractivity contribution is -0.662. The van der Waals surface area contributed by atoms with Crippen molar-refractivity contribution in [3.05, 3.63) is 81.1 Å². The molecule has 0 bridgehead atoms. The number of carbonyl (C=O) groups is 4. The van der Waals surface area contributed by atoms with Gasteiger partial charge in [0.1, 0.15) is 47.5 Å². The van der Waals surface area contributed by atoms with Crippen molar-refractivity contribution in [1.29, 1.82) is 0 Å². The number of aromatic nitrogens is 4. The van der Waals surface area contributed by atoms with Crippen molar-refractivity contribution in [3.63, 3.8) is 0 Å². The highest BCUT2D eigenvalue weighted by atomic mass is 35.5. The van der Waals surface area contributed by atoms with E-state index < -0.39 is 52.3 Å². The van der Waals surface area contributed by atoms with E-state index in [2.05, 4.69) is 25.9 Å². The van der Waals surface area contributed by atoms with Gasteiger partial charge in [-0.3, -0.25) is 14.5 Å². The lowest BCUT2D eigenvalue weighted by atomic mass is 10.0. The minimum absolute atomic E-state index is 0.00521. The Morgan fingerprint density at radius 1 is 1.21 bits per heavy atom. The van der Waals surface area contributed by atoms with Gasteiger partial charge < -0.3 is 42.0 Å². The maximum atomic E-state index is 15.5. The Balaban J connectivity index is 1.05. The molecule has 8 N–H and O–H groups in total. The normalized spacial score (nSPS) is 19.2. The summed E-state index contributed by atoms with van der Waals surface area (Å²) in [6, 6.07) is 3.43. The predicted molar refractivity (Wildman–Crippen MR) is 209 cm³/mol. The third-order valence-electron chi connectivity index (χ3n) is 9.69. The molecule has 0 unspecified atom stereocenters. The van der Waals surface area contributed by atoms with Crippen LogP contribution in [0.25, 0.3) is 5.65 Å². The first-order valence-corrected chi connectivity index (χ1v) is 20.1. The average Bonchev–Trinajstić information content (AvgIpc) is 3.92. The first kappa shape index (κ1) is 40.5. The number of amides is 2. The van der Waals surface area contributed by atoms with Crippen LogP contribution >= 0.6 is 34.7 Å². The standard InChI is InChI=1S/C35H37ClFN11O8S2/c1-35(2,33(53)54)56-43-25(23-16-58-34(39)41-23)29(49)42-26-30(50)48-27(32(51)52)18(15-57-31(26)48)13-46-8-5-24-45(9-10-47(24)46)14-20-21(36)11-17(12-22(20)37)28(38)44-55-19-3-6-40-7-4-19/h5,8-12,16,19,26,31,40H,3-4,6-7,13-15H2,1-2H3,(H6-,38,39,41,42,44,49,51,52,53,54)/p+1/b43-25-/t26-,31-/m1/s1. The largest absolute Gasteiger partial charge is 0.478 e. The molecule has 6 heterocycles. The second kappa shape index (κ2) is 16.3. The molecule has 0 saturated carbocycles.